The van der Waals surface area contributed by atoms with Gasteiger partial charge in [-0.05, 0) is 24.3 Å². The number of nitrogens with two attached hydrogens (primary N) is 1. The third-order valence-corrected chi connectivity index (χ3v) is 3.48. The first kappa shape index (κ1) is 13.0. The van der Waals surface area contributed by atoms with E-state index in [1.807, 2.05) is 48.5 Å². The Morgan fingerprint density at radius 3 is 1.85 bits per heavy atom. The molecule has 3 nitrogen and oxygen atoms in total. The zero-order valence-corrected chi connectivity index (χ0v) is 11.9. The van der Waals surface area contributed by atoms with Gasteiger partial charge in [0.1, 0.15) is 0 Å². The number of rotatable bonds is 2. The van der Waals surface area contributed by atoms with Crippen molar-refractivity contribution in [1.82, 2.24) is 9.97 Å². The van der Waals surface area contributed by atoms with Crippen LogP contribution in [-0.4, -0.2) is 9.97 Å². The number of hydrogen-bond donors (Lipinski definition) is 2. The van der Waals surface area contributed by atoms with Gasteiger partial charge in [0, 0.05) is 21.2 Å². The Morgan fingerprint density at radius 1 is 0.800 bits per heavy atom. The lowest BCUT2D eigenvalue weighted by atomic mass is 10.1. The summed E-state index contributed by atoms with van der Waals surface area (Å²) >= 11 is 11.8. The number of anilines is 1. The Morgan fingerprint density at radius 2 is 1.30 bits per heavy atom. The van der Waals surface area contributed by atoms with Gasteiger partial charge in [-0.15, -0.1) is 0 Å². The molecule has 0 radical (unpaired) electrons. The molecule has 3 rings (SSSR count). The van der Waals surface area contributed by atoms with Gasteiger partial charge in [0.15, 0.2) is 5.95 Å². The van der Waals surface area contributed by atoms with E-state index in [1.165, 1.54) is 0 Å². The van der Waals surface area contributed by atoms with Crippen LogP contribution in [0.4, 0.5) is 5.95 Å². The van der Waals surface area contributed by atoms with E-state index < -0.39 is 0 Å². The van der Waals surface area contributed by atoms with Crippen LogP contribution < -0.4 is 5.73 Å². The molecule has 0 saturated carbocycles. The van der Waals surface area contributed by atoms with E-state index in [0.717, 1.165) is 22.5 Å². The van der Waals surface area contributed by atoms with Crippen molar-refractivity contribution in [2.45, 2.75) is 0 Å². The summed E-state index contributed by atoms with van der Waals surface area (Å²) in [5, 5.41) is 1.37. The number of nitrogen functional groups attached to an aromatic ring is 1. The lowest BCUT2D eigenvalue weighted by molar-refractivity contribution is 1.32. The van der Waals surface area contributed by atoms with E-state index >= 15 is 0 Å². The Hall–Kier alpha value is -1.97. The first-order valence-electron chi connectivity index (χ1n) is 6.01. The molecule has 1 heterocycles. The van der Waals surface area contributed by atoms with Crippen LogP contribution in [0.1, 0.15) is 0 Å². The van der Waals surface area contributed by atoms with Gasteiger partial charge in [-0.25, -0.2) is 4.98 Å². The van der Waals surface area contributed by atoms with Crippen molar-refractivity contribution >= 4 is 29.2 Å². The van der Waals surface area contributed by atoms with E-state index in [4.69, 9.17) is 28.9 Å². The van der Waals surface area contributed by atoms with Gasteiger partial charge in [-0.3, -0.25) is 0 Å². The number of aromatic amines is 1. The number of benzene rings is 2. The molecule has 3 N–H and O–H groups in total. The largest absolute Gasteiger partial charge is 0.369 e. The van der Waals surface area contributed by atoms with Crippen molar-refractivity contribution in [1.29, 1.82) is 0 Å². The maximum atomic E-state index is 5.91. The van der Waals surface area contributed by atoms with Gasteiger partial charge in [0.2, 0.25) is 0 Å². The summed E-state index contributed by atoms with van der Waals surface area (Å²) in [4.78, 5) is 7.44. The molecule has 0 atom stereocenters. The minimum absolute atomic E-state index is 0.375. The van der Waals surface area contributed by atoms with Crippen LogP contribution in [0.25, 0.3) is 22.5 Å². The predicted molar refractivity (Wildman–Crippen MR) is 83.9 cm³/mol. The number of hydrogen-bond acceptors (Lipinski definition) is 2. The zero-order chi connectivity index (χ0) is 14.1. The highest BCUT2D eigenvalue weighted by Gasteiger charge is 2.12. The minimum atomic E-state index is 0.375. The number of imidazole rings is 1. The van der Waals surface area contributed by atoms with Crippen molar-refractivity contribution in [3.8, 4) is 22.5 Å². The van der Waals surface area contributed by atoms with Crippen molar-refractivity contribution < 1.29 is 0 Å². The number of halogens is 2. The second-order valence-electron chi connectivity index (χ2n) is 4.36. The van der Waals surface area contributed by atoms with Crippen LogP contribution in [0.2, 0.25) is 10.0 Å². The molecular formula is C15H11Cl2N3. The number of H-pyrrole nitrogens is 1. The highest BCUT2D eigenvalue weighted by atomic mass is 35.5. The third-order valence-electron chi connectivity index (χ3n) is 2.97. The van der Waals surface area contributed by atoms with Crippen molar-refractivity contribution in [2.75, 3.05) is 5.73 Å². The molecular weight excluding hydrogens is 293 g/mol. The molecule has 0 fully saturated rings. The highest BCUT2D eigenvalue weighted by Crippen LogP contribution is 2.31. The lowest BCUT2D eigenvalue weighted by Crippen LogP contribution is -1.85. The first-order valence-corrected chi connectivity index (χ1v) is 6.76. The standard InChI is InChI=1S/C15H11Cl2N3/c16-11-5-1-9(2-6-11)13-14(20-15(18)19-13)10-3-7-12(17)8-4-10/h1-8H,(H3,18,19,20). The van der Waals surface area contributed by atoms with Crippen LogP contribution in [0.5, 0.6) is 0 Å². The Bertz CT molecular complexity index is 668. The van der Waals surface area contributed by atoms with Crippen molar-refractivity contribution in [3.05, 3.63) is 58.6 Å². The summed E-state index contributed by atoms with van der Waals surface area (Å²) in [5.74, 6) is 0.375. The van der Waals surface area contributed by atoms with E-state index in [2.05, 4.69) is 9.97 Å². The van der Waals surface area contributed by atoms with E-state index in [0.29, 0.717) is 16.0 Å². The van der Waals surface area contributed by atoms with Gasteiger partial charge in [0.25, 0.3) is 0 Å². The van der Waals surface area contributed by atoms with Crippen LogP contribution in [0.3, 0.4) is 0 Å². The Balaban J connectivity index is 2.12. The molecule has 0 bridgehead atoms. The smallest absolute Gasteiger partial charge is 0.198 e. The Kier molecular flexibility index (Phi) is 3.38. The van der Waals surface area contributed by atoms with Crippen LogP contribution in [0, 0.1) is 0 Å². The molecule has 1 aromatic heterocycles. The van der Waals surface area contributed by atoms with E-state index in [9.17, 15) is 0 Å². The second-order valence-corrected chi connectivity index (χ2v) is 5.23. The quantitative estimate of drug-likeness (QED) is 0.725. The van der Waals surface area contributed by atoms with E-state index in [1.54, 1.807) is 0 Å². The molecule has 2 aromatic carbocycles. The molecule has 0 aliphatic carbocycles. The number of aromatic nitrogens is 2. The molecule has 0 aliphatic rings. The molecule has 0 saturated heterocycles. The number of nitrogens with one attached hydrogen (secondary N) is 1. The molecule has 100 valence electrons. The molecule has 0 unspecified atom stereocenters. The van der Waals surface area contributed by atoms with Crippen LogP contribution >= 0.6 is 23.2 Å². The summed E-state index contributed by atoms with van der Waals surface area (Å²) < 4.78 is 0. The minimum Gasteiger partial charge on any atom is -0.369 e. The van der Waals surface area contributed by atoms with Gasteiger partial charge < -0.3 is 10.7 Å². The van der Waals surface area contributed by atoms with E-state index in [-0.39, 0.29) is 0 Å². The zero-order valence-electron chi connectivity index (χ0n) is 10.4. The normalized spacial score (nSPS) is 10.7. The van der Waals surface area contributed by atoms with Gasteiger partial charge in [-0.2, -0.15) is 0 Å². The van der Waals surface area contributed by atoms with Gasteiger partial charge >= 0.3 is 0 Å². The monoisotopic (exact) mass is 303 g/mol. The molecule has 3 aromatic rings. The average molecular weight is 304 g/mol. The Labute approximate surface area is 126 Å². The third kappa shape index (κ3) is 2.50. The van der Waals surface area contributed by atoms with Crippen LogP contribution in [0.15, 0.2) is 48.5 Å². The predicted octanol–water partition coefficient (Wildman–Crippen LogP) is 4.63. The topological polar surface area (TPSA) is 54.7 Å². The van der Waals surface area contributed by atoms with Crippen LogP contribution in [-0.2, 0) is 0 Å². The summed E-state index contributed by atoms with van der Waals surface area (Å²) in [6, 6.07) is 15.0. The SMILES string of the molecule is Nc1nc(-c2ccc(Cl)cc2)c(-c2ccc(Cl)cc2)[nH]1. The average Bonchev–Trinajstić information content (AvgIpc) is 2.82. The molecule has 0 spiro atoms. The van der Waals surface area contributed by atoms with Crippen molar-refractivity contribution in [3.63, 3.8) is 0 Å². The molecule has 5 heteroatoms. The summed E-state index contributed by atoms with van der Waals surface area (Å²) in [5.41, 5.74) is 9.38. The fraction of sp³-hybridized carbons (Fsp3) is 0. The van der Waals surface area contributed by atoms with Crippen molar-refractivity contribution in [2.24, 2.45) is 0 Å². The molecule has 0 amide bonds. The summed E-state index contributed by atoms with van der Waals surface area (Å²) in [6.45, 7) is 0. The molecule has 0 aliphatic heterocycles. The second kappa shape index (κ2) is 5.19. The lowest BCUT2D eigenvalue weighted by Gasteiger charge is -2.03. The number of nitrogens with zero attached hydrogens (tertiary/aromatic N) is 1. The summed E-state index contributed by atoms with van der Waals surface area (Å²) in [7, 11) is 0. The highest BCUT2D eigenvalue weighted by molar-refractivity contribution is 6.31. The first-order chi connectivity index (χ1) is 9.63. The molecule has 20 heavy (non-hydrogen) atoms. The van der Waals surface area contributed by atoms with Gasteiger partial charge in [0.05, 0.1) is 11.4 Å². The maximum Gasteiger partial charge on any atom is 0.198 e. The fourth-order valence-electron chi connectivity index (χ4n) is 2.03. The fourth-order valence-corrected chi connectivity index (χ4v) is 2.29. The van der Waals surface area contributed by atoms with Gasteiger partial charge in [-0.1, -0.05) is 47.5 Å². The summed E-state index contributed by atoms with van der Waals surface area (Å²) in [6.07, 6.45) is 0. The maximum absolute atomic E-state index is 5.91.